The Morgan fingerprint density at radius 3 is 1.84 bits per heavy atom. The lowest BCUT2D eigenvalue weighted by Crippen LogP contribution is -2.42. The molecule has 0 radical (unpaired) electrons. The zero-order chi connectivity index (χ0) is 33.2. The summed E-state index contributed by atoms with van der Waals surface area (Å²) in [5.41, 5.74) is 11.6. The van der Waals surface area contributed by atoms with Crippen LogP contribution in [0.2, 0.25) is 0 Å². The summed E-state index contributed by atoms with van der Waals surface area (Å²) in [6, 6.07) is 61.2. The Labute approximate surface area is 289 Å². The van der Waals surface area contributed by atoms with E-state index in [1.165, 1.54) is 44.4 Å². The van der Waals surface area contributed by atoms with Crippen LogP contribution < -0.4 is 9.80 Å². The molecule has 0 aliphatic heterocycles. The smallest absolute Gasteiger partial charge is 0.0714 e. The van der Waals surface area contributed by atoms with E-state index in [4.69, 9.17) is 0 Å². The minimum absolute atomic E-state index is 0.231. The number of nitrogens with zero attached hydrogens (tertiary/aromatic N) is 2. The molecule has 236 valence electrons. The lowest BCUT2D eigenvalue weighted by Gasteiger charge is -2.45. The molecule has 1 aliphatic rings. The molecule has 1 aliphatic carbocycles. The molecule has 2 nitrogen and oxygen atoms in total. The molecule has 7 aromatic rings. The van der Waals surface area contributed by atoms with Crippen molar-refractivity contribution in [1.82, 2.24) is 0 Å². The SMILES string of the molecule is C=Cc1ccc(N(c2ccc(-c3ccc(N(c4ccccc4)C4(C)CC=Cc5ccccc54)cc3)cc2)c2cccc3ccccc23)cc1. The predicted octanol–water partition coefficient (Wildman–Crippen LogP) is 13.1. The Hall–Kier alpha value is -6.12. The molecule has 0 heterocycles. The molecule has 7 aromatic carbocycles. The average Bonchev–Trinajstić information content (AvgIpc) is 3.17. The molecule has 0 fully saturated rings. The molecule has 2 heteroatoms. The van der Waals surface area contributed by atoms with Gasteiger partial charge in [0.15, 0.2) is 0 Å². The highest BCUT2D eigenvalue weighted by atomic mass is 15.2. The van der Waals surface area contributed by atoms with Crippen molar-refractivity contribution in [3.63, 3.8) is 0 Å². The summed E-state index contributed by atoms with van der Waals surface area (Å²) in [4.78, 5) is 4.85. The monoisotopic (exact) mass is 630 g/mol. The number of anilines is 5. The van der Waals surface area contributed by atoms with E-state index >= 15 is 0 Å². The Kier molecular flexibility index (Phi) is 7.91. The van der Waals surface area contributed by atoms with Crippen LogP contribution in [0.25, 0.3) is 34.1 Å². The number of hydrogen-bond acceptors (Lipinski definition) is 2. The molecule has 1 unspecified atom stereocenters. The van der Waals surface area contributed by atoms with Crippen molar-refractivity contribution in [3.8, 4) is 11.1 Å². The van der Waals surface area contributed by atoms with Crippen molar-refractivity contribution in [3.05, 3.63) is 199 Å². The zero-order valence-corrected chi connectivity index (χ0v) is 27.7. The minimum atomic E-state index is -0.231. The minimum Gasteiger partial charge on any atom is -0.331 e. The van der Waals surface area contributed by atoms with Crippen LogP contribution in [-0.4, -0.2) is 0 Å². The standard InChI is InChI=1S/C47H38N2/c1-3-35-22-28-40(29-23-35)48(46-21-11-15-38-13-7-9-19-44(38)46)41-30-24-36(25-31-41)37-26-32-43(33-27-37)49(42-17-5-4-6-18-42)47(2)34-12-16-39-14-8-10-20-45(39)47/h3-33H,1,34H2,2H3. The fraction of sp³-hybridized carbons (Fsp3) is 0.0638. The summed E-state index contributed by atoms with van der Waals surface area (Å²) in [6.07, 6.45) is 7.37. The maximum Gasteiger partial charge on any atom is 0.0714 e. The first-order valence-corrected chi connectivity index (χ1v) is 16.9. The molecular weight excluding hydrogens is 593 g/mol. The Morgan fingerprint density at radius 2 is 1.12 bits per heavy atom. The third kappa shape index (κ3) is 5.62. The molecule has 0 amide bonds. The summed E-state index contributed by atoms with van der Waals surface area (Å²) in [7, 11) is 0. The lowest BCUT2D eigenvalue weighted by molar-refractivity contribution is 0.483. The van der Waals surface area contributed by atoms with E-state index in [0.717, 1.165) is 29.0 Å². The molecule has 1 atom stereocenters. The number of rotatable bonds is 8. The van der Waals surface area contributed by atoms with Gasteiger partial charge in [-0.2, -0.15) is 0 Å². The van der Waals surface area contributed by atoms with Gasteiger partial charge in [-0.25, -0.2) is 0 Å². The summed E-state index contributed by atoms with van der Waals surface area (Å²) in [5, 5.41) is 2.43. The van der Waals surface area contributed by atoms with E-state index in [0.29, 0.717) is 0 Å². The second-order valence-electron chi connectivity index (χ2n) is 12.9. The van der Waals surface area contributed by atoms with Crippen LogP contribution in [0, 0.1) is 0 Å². The van der Waals surface area contributed by atoms with Gasteiger partial charge in [0, 0.05) is 28.1 Å². The van der Waals surface area contributed by atoms with Crippen LogP contribution in [-0.2, 0) is 5.54 Å². The van der Waals surface area contributed by atoms with E-state index in [1.54, 1.807) is 0 Å². The third-order valence-corrected chi connectivity index (χ3v) is 9.84. The molecule has 0 aromatic heterocycles. The normalized spacial score (nSPS) is 15.0. The Bertz CT molecular complexity index is 2260. The summed E-state index contributed by atoms with van der Waals surface area (Å²) in [5.74, 6) is 0. The van der Waals surface area contributed by atoms with Crippen molar-refractivity contribution in [2.75, 3.05) is 9.80 Å². The number of para-hydroxylation sites is 1. The quantitative estimate of drug-likeness (QED) is 0.165. The summed E-state index contributed by atoms with van der Waals surface area (Å²) < 4.78 is 0. The van der Waals surface area contributed by atoms with Crippen LogP contribution in [0.1, 0.15) is 30.0 Å². The maximum atomic E-state index is 3.95. The first-order valence-electron chi connectivity index (χ1n) is 16.9. The number of fused-ring (bicyclic) bond motifs is 2. The van der Waals surface area contributed by atoms with Crippen LogP contribution in [0.15, 0.2) is 183 Å². The fourth-order valence-corrected chi connectivity index (χ4v) is 7.36. The number of benzene rings is 7. The Balaban J connectivity index is 1.16. The van der Waals surface area contributed by atoms with Gasteiger partial charge in [-0.1, -0.05) is 140 Å². The highest BCUT2D eigenvalue weighted by Crippen LogP contribution is 2.46. The Morgan fingerprint density at radius 1 is 0.551 bits per heavy atom. The summed E-state index contributed by atoms with van der Waals surface area (Å²) >= 11 is 0. The third-order valence-electron chi connectivity index (χ3n) is 9.84. The van der Waals surface area contributed by atoms with E-state index in [2.05, 4.69) is 205 Å². The molecule has 49 heavy (non-hydrogen) atoms. The highest BCUT2D eigenvalue weighted by molar-refractivity contribution is 5.99. The maximum absolute atomic E-state index is 3.95. The molecule has 8 rings (SSSR count). The van der Waals surface area contributed by atoms with Gasteiger partial charge in [-0.3, -0.25) is 0 Å². The molecule has 0 saturated carbocycles. The van der Waals surface area contributed by atoms with Gasteiger partial charge in [0.2, 0.25) is 0 Å². The lowest BCUT2D eigenvalue weighted by atomic mass is 9.79. The van der Waals surface area contributed by atoms with Gasteiger partial charge >= 0.3 is 0 Å². The second kappa shape index (κ2) is 12.8. The molecular formula is C47H38N2. The van der Waals surface area contributed by atoms with Crippen LogP contribution >= 0.6 is 0 Å². The first-order chi connectivity index (χ1) is 24.1. The van der Waals surface area contributed by atoms with Gasteiger partial charge in [0.25, 0.3) is 0 Å². The highest BCUT2D eigenvalue weighted by Gasteiger charge is 2.37. The number of hydrogen-bond donors (Lipinski definition) is 0. The molecule has 0 spiro atoms. The molecule has 0 N–H and O–H groups in total. The first kappa shape index (κ1) is 30.2. The van der Waals surface area contributed by atoms with Crippen LogP contribution in [0.3, 0.4) is 0 Å². The van der Waals surface area contributed by atoms with Crippen molar-refractivity contribution >= 4 is 51.4 Å². The van der Waals surface area contributed by atoms with Gasteiger partial charge in [0.05, 0.1) is 11.2 Å². The van der Waals surface area contributed by atoms with Crippen molar-refractivity contribution in [2.45, 2.75) is 18.9 Å². The second-order valence-corrected chi connectivity index (χ2v) is 12.9. The fourth-order valence-electron chi connectivity index (χ4n) is 7.36. The largest absolute Gasteiger partial charge is 0.331 e. The molecule has 0 saturated heterocycles. The van der Waals surface area contributed by atoms with Crippen LogP contribution in [0.5, 0.6) is 0 Å². The van der Waals surface area contributed by atoms with Gasteiger partial charge in [-0.15, -0.1) is 0 Å². The van der Waals surface area contributed by atoms with Crippen molar-refractivity contribution < 1.29 is 0 Å². The average molecular weight is 631 g/mol. The van der Waals surface area contributed by atoms with Gasteiger partial charge in [-0.05, 0) is 101 Å². The van der Waals surface area contributed by atoms with E-state index in [-0.39, 0.29) is 5.54 Å². The molecule has 0 bridgehead atoms. The van der Waals surface area contributed by atoms with Gasteiger partial charge < -0.3 is 9.80 Å². The predicted molar refractivity (Wildman–Crippen MR) is 210 cm³/mol. The van der Waals surface area contributed by atoms with Crippen molar-refractivity contribution in [1.29, 1.82) is 0 Å². The van der Waals surface area contributed by atoms with E-state index in [1.807, 2.05) is 6.08 Å². The topological polar surface area (TPSA) is 6.48 Å². The summed E-state index contributed by atoms with van der Waals surface area (Å²) in [6.45, 7) is 6.31. The van der Waals surface area contributed by atoms with E-state index < -0.39 is 0 Å². The van der Waals surface area contributed by atoms with E-state index in [9.17, 15) is 0 Å². The van der Waals surface area contributed by atoms with Crippen molar-refractivity contribution in [2.24, 2.45) is 0 Å². The van der Waals surface area contributed by atoms with Gasteiger partial charge in [0.1, 0.15) is 0 Å². The van der Waals surface area contributed by atoms with Crippen LogP contribution in [0.4, 0.5) is 28.4 Å². The zero-order valence-electron chi connectivity index (χ0n) is 27.7.